The van der Waals surface area contributed by atoms with Gasteiger partial charge in [0.15, 0.2) is 0 Å². The van der Waals surface area contributed by atoms with E-state index >= 15 is 0 Å². The summed E-state index contributed by atoms with van der Waals surface area (Å²) in [5.74, 6) is 0.980. The molecule has 134 valence electrons. The Hall–Kier alpha value is -1.71. The largest absolute Gasteiger partial charge is 0.493 e. The third kappa shape index (κ3) is 6.81. The number of hydrogen-bond donors (Lipinski definition) is 1. The van der Waals surface area contributed by atoms with E-state index in [1.165, 1.54) is 44.1 Å². The van der Waals surface area contributed by atoms with Crippen molar-refractivity contribution in [2.24, 2.45) is 0 Å². The third-order valence-corrected chi connectivity index (χ3v) is 4.48. The number of nitrogens with one attached hydrogen (secondary N) is 1. The molecule has 0 bridgehead atoms. The molecular formula is C20H31NO3. The number of amides is 1. The van der Waals surface area contributed by atoms with Crippen molar-refractivity contribution in [2.75, 3.05) is 13.2 Å². The van der Waals surface area contributed by atoms with Gasteiger partial charge in [0.25, 0.3) is 0 Å². The summed E-state index contributed by atoms with van der Waals surface area (Å²) in [4.78, 5) is 11.1. The van der Waals surface area contributed by atoms with Gasteiger partial charge in [0.1, 0.15) is 12.4 Å². The molecule has 2 rings (SSSR count). The molecule has 1 aliphatic rings. The van der Waals surface area contributed by atoms with Gasteiger partial charge < -0.3 is 14.8 Å². The van der Waals surface area contributed by atoms with Crippen LogP contribution in [0.3, 0.4) is 0 Å². The van der Waals surface area contributed by atoms with Crippen molar-refractivity contribution in [2.45, 2.75) is 70.8 Å². The summed E-state index contributed by atoms with van der Waals surface area (Å²) < 4.78 is 10.9. The van der Waals surface area contributed by atoms with Gasteiger partial charge in [0, 0.05) is 0 Å². The Bertz CT molecular complexity index is 490. The molecule has 24 heavy (non-hydrogen) atoms. The lowest BCUT2D eigenvalue weighted by atomic mass is 10.0. The number of rotatable bonds is 12. The number of para-hydroxylation sites is 1. The van der Waals surface area contributed by atoms with Gasteiger partial charge >= 0.3 is 6.09 Å². The molecule has 1 heterocycles. The molecule has 1 N–H and O–H groups in total. The molecule has 1 atom stereocenters. The van der Waals surface area contributed by atoms with Crippen molar-refractivity contribution in [1.29, 1.82) is 0 Å². The first-order chi connectivity index (χ1) is 11.8. The van der Waals surface area contributed by atoms with Crippen molar-refractivity contribution in [1.82, 2.24) is 5.32 Å². The lowest BCUT2D eigenvalue weighted by Gasteiger charge is -2.13. The highest BCUT2D eigenvalue weighted by Gasteiger charge is 2.21. The lowest BCUT2D eigenvalue weighted by Crippen LogP contribution is -2.26. The van der Waals surface area contributed by atoms with Crippen molar-refractivity contribution >= 4 is 6.09 Å². The highest BCUT2D eigenvalue weighted by atomic mass is 16.6. The molecule has 1 unspecified atom stereocenters. The van der Waals surface area contributed by atoms with Crippen LogP contribution in [0.5, 0.6) is 5.75 Å². The SMILES string of the molecule is CCCCCCCCCOc1ccccc1CCC1COC(=O)N1. The van der Waals surface area contributed by atoms with Crippen molar-refractivity contribution in [3.63, 3.8) is 0 Å². The zero-order valence-corrected chi connectivity index (χ0v) is 14.9. The number of unbranched alkanes of at least 4 members (excludes halogenated alkanes) is 6. The van der Waals surface area contributed by atoms with Crippen molar-refractivity contribution in [3.8, 4) is 5.75 Å². The topological polar surface area (TPSA) is 47.6 Å². The fraction of sp³-hybridized carbons (Fsp3) is 0.650. The monoisotopic (exact) mass is 333 g/mol. The molecule has 0 spiro atoms. The normalized spacial score (nSPS) is 16.7. The van der Waals surface area contributed by atoms with Crippen LogP contribution in [0.1, 0.15) is 63.9 Å². The summed E-state index contributed by atoms with van der Waals surface area (Å²) in [5, 5.41) is 2.82. The fourth-order valence-electron chi connectivity index (χ4n) is 3.00. The average molecular weight is 333 g/mol. The Balaban J connectivity index is 1.64. The van der Waals surface area contributed by atoms with Gasteiger partial charge in [0.05, 0.1) is 12.6 Å². The predicted octanol–water partition coefficient (Wildman–Crippen LogP) is 4.86. The summed E-state index contributed by atoms with van der Waals surface area (Å²) in [6.07, 6.45) is 10.5. The van der Waals surface area contributed by atoms with Crippen LogP contribution in [0.25, 0.3) is 0 Å². The van der Waals surface area contributed by atoms with E-state index in [1.54, 1.807) is 0 Å². The van der Waals surface area contributed by atoms with Crippen LogP contribution in [0, 0.1) is 0 Å². The smallest absolute Gasteiger partial charge is 0.407 e. The van der Waals surface area contributed by atoms with Crippen molar-refractivity contribution < 1.29 is 14.3 Å². The van der Waals surface area contributed by atoms with E-state index in [0.717, 1.165) is 31.6 Å². The quantitative estimate of drug-likeness (QED) is 0.556. The summed E-state index contributed by atoms with van der Waals surface area (Å²) in [5.41, 5.74) is 1.21. The highest BCUT2D eigenvalue weighted by Crippen LogP contribution is 2.21. The van der Waals surface area contributed by atoms with Crippen LogP contribution in [0.15, 0.2) is 24.3 Å². The van der Waals surface area contributed by atoms with E-state index in [9.17, 15) is 4.79 Å². The number of hydrogen-bond acceptors (Lipinski definition) is 3. The number of carbonyl (C=O) groups excluding carboxylic acids is 1. The minimum Gasteiger partial charge on any atom is -0.493 e. The van der Waals surface area contributed by atoms with Crippen LogP contribution < -0.4 is 10.1 Å². The number of aryl methyl sites for hydroxylation is 1. The average Bonchev–Trinajstić information content (AvgIpc) is 3.01. The molecule has 4 heteroatoms. The zero-order valence-electron chi connectivity index (χ0n) is 14.9. The molecule has 0 aliphatic carbocycles. The van der Waals surface area contributed by atoms with Crippen LogP contribution in [-0.4, -0.2) is 25.3 Å². The van der Waals surface area contributed by atoms with Gasteiger partial charge in [-0.1, -0.05) is 63.6 Å². The van der Waals surface area contributed by atoms with Gasteiger partial charge in [-0.3, -0.25) is 0 Å². The predicted molar refractivity (Wildman–Crippen MR) is 96.5 cm³/mol. The Kier molecular flexibility index (Phi) is 8.50. The molecule has 1 aromatic carbocycles. The number of carbonyl (C=O) groups is 1. The van der Waals surface area contributed by atoms with E-state index in [4.69, 9.17) is 9.47 Å². The molecule has 0 saturated carbocycles. The molecule has 1 aliphatic heterocycles. The van der Waals surface area contributed by atoms with E-state index in [0.29, 0.717) is 6.61 Å². The van der Waals surface area contributed by atoms with Gasteiger partial charge in [-0.05, 0) is 30.9 Å². The van der Waals surface area contributed by atoms with Gasteiger partial charge in [-0.25, -0.2) is 4.79 Å². The van der Waals surface area contributed by atoms with E-state index in [2.05, 4.69) is 18.3 Å². The molecular weight excluding hydrogens is 302 g/mol. The zero-order chi connectivity index (χ0) is 17.0. The summed E-state index contributed by atoms with van der Waals surface area (Å²) in [6.45, 7) is 3.51. The van der Waals surface area contributed by atoms with E-state index in [-0.39, 0.29) is 12.1 Å². The second-order valence-corrected chi connectivity index (χ2v) is 6.56. The van der Waals surface area contributed by atoms with E-state index in [1.807, 2.05) is 18.2 Å². The first kappa shape index (κ1) is 18.6. The second-order valence-electron chi connectivity index (χ2n) is 6.56. The summed E-state index contributed by atoms with van der Waals surface area (Å²) in [6, 6.07) is 8.33. The van der Waals surface area contributed by atoms with E-state index < -0.39 is 0 Å². The molecule has 1 saturated heterocycles. The van der Waals surface area contributed by atoms with Gasteiger partial charge in [0.2, 0.25) is 0 Å². The lowest BCUT2D eigenvalue weighted by molar-refractivity contribution is 0.176. The van der Waals surface area contributed by atoms with Crippen LogP contribution in [-0.2, 0) is 11.2 Å². The van der Waals surface area contributed by atoms with Crippen molar-refractivity contribution in [3.05, 3.63) is 29.8 Å². The second kappa shape index (κ2) is 11.0. The molecule has 4 nitrogen and oxygen atoms in total. The first-order valence-corrected chi connectivity index (χ1v) is 9.43. The van der Waals surface area contributed by atoms with Gasteiger partial charge in [-0.15, -0.1) is 0 Å². The van der Waals surface area contributed by atoms with Crippen LogP contribution >= 0.6 is 0 Å². The third-order valence-electron chi connectivity index (χ3n) is 4.48. The minimum atomic E-state index is -0.302. The Morgan fingerprint density at radius 3 is 2.62 bits per heavy atom. The molecule has 0 radical (unpaired) electrons. The highest BCUT2D eigenvalue weighted by molar-refractivity contribution is 5.69. The fourth-order valence-corrected chi connectivity index (χ4v) is 3.00. The number of benzene rings is 1. The molecule has 0 aromatic heterocycles. The Morgan fingerprint density at radius 1 is 1.12 bits per heavy atom. The number of ether oxygens (including phenoxy) is 2. The maximum Gasteiger partial charge on any atom is 0.407 e. The Labute approximate surface area is 145 Å². The number of alkyl carbamates (subject to hydrolysis) is 1. The van der Waals surface area contributed by atoms with Crippen LogP contribution in [0.4, 0.5) is 4.79 Å². The minimum absolute atomic E-state index is 0.119. The maximum absolute atomic E-state index is 11.1. The molecule has 1 fully saturated rings. The van der Waals surface area contributed by atoms with Crippen LogP contribution in [0.2, 0.25) is 0 Å². The molecule has 1 aromatic rings. The van der Waals surface area contributed by atoms with Gasteiger partial charge in [-0.2, -0.15) is 0 Å². The Morgan fingerprint density at radius 2 is 1.88 bits per heavy atom. The summed E-state index contributed by atoms with van der Waals surface area (Å²) >= 11 is 0. The summed E-state index contributed by atoms with van der Waals surface area (Å²) in [7, 11) is 0. The molecule has 1 amide bonds. The first-order valence-electron chi connectivity index (χ1n) is 9.43. The maximum atomic E-state index is 11.1. The number of cyclic esters (lactones) is 1. The standard InChI is InChI=1S/C20H31NO3/c1-2-3-4-5-6-7-10-15-23-19-12-9-8-11-17(19)13-14-18-16-24-20(22)21-18/h8-9,11-12,18H,2-7,10,13-16H2,1H3,(H,21,22).